The summed E-state index contributed by atoms with van der Waals surface area (Å²) in [6.45, 7) is -0.871. The zero-order chi connectivity index (χ0) is 16.9. The number of nitro groups is 1. The van der Waals surface area contributed by atoms with Gasteiger partial charge >= 0.3 is 6.18 Å². The number of carbonyl (C=O) groups excluding carboxylic acids is 2. The van der Waals surface area contributed by atoms with Gasteiger partial charge in [0, 0.05) is 12.1 Å². The van der Waals surface area contributed by atoms with E-state index in [0.717, 1.165) is 12.1 Å². The minimum atomic E-state index is -5.14. The summed E-state index contributed by atoms with van der Waals surface area (Å²) >= 11 is 0. The molecule has 0 aliphatic rings. The number of ketones is 1. The van der Waals surface area contributed by atoms with Crippen LogP contribution in [0.5, 0.6) is 0 Å². The van der Waals surface area contributed by atoms with Crippen molar-refractivity contribution in [3.05, 3.63) is 39.9 Å². The summed E-state index contributed by atoms with van der Waals surface area (Å²) in [6.07, 6.45) is -5.79. The van der Waals surface area contributed by atoms with Crippen molar-refractivity contribution in [2.24, 2.45) is 5.92 Å². The molecule has 7 nitrogen and oxygen atoms in total. The first-order valence-corrected chi connectivity index (χ1v) is 5.90. The van der Waals surface area contributed by atoms with E-state index < -0.39 is 35.8 Å². The molecule has 120 valence electrons. The van der Waals surface area contributed by atoms with Crippen molar-refractivity contribution in [1.82, 2.24) is 5.06 Å². The second kappa shape index (κ2) is 6.98. The highest BCUT2D eigenvalue weighted by Crippen LogP contribution is 2.25. The van der Waals surface area contributed by atoms with Gasteiger partial charge in [0.05, 0.1) is 17.4 Å². The molecule has 0 saturated carbocycles. The number of hydrogen-bond donors (Lipinski definition) is 1. The zero-order valence-electron chi connectivity index (χ0n) is 11.0. The maximum Gasteiger partial charge on any atom is 0.450 e. The number of hydrogen-bond acceptors (Lipinski definition) is 5. The molecule has 22 heavy (non-hydrogen) atoms. The molecule has 1 aromatic carbocycles. The number of nitro benzene ring substituents is 1. The Bertz CT molecular complexity index is 576. The Hall–Kier alpha value is -2.49. The number of alkyl halides is 3. The molecule has 1 N–H and O–H groups in total. The Kier molecular flexibility index (Phi) is 5.57. The second-order valence-corrected chi connectivity index (χ2v) is 4.42. The zero-order valence-corrected chi connectivity index (χ0v) is 11.0. The van der Waals surface area contributed by atoms with Gasteiger partial charge in [-0.1, -0.05) is 12.1 Å². The third-order valence-corrected chi connectivity index (χ3v) is 2.78. The first-order chi connectivity index (χ1) is 10.1. The SMILES string of the molecule is O=CN(O)CC(Cc1cccc([N+](=O)[O-])c1)C(=O)C(F)(F)F. The summed E-state index contributed by atoms with van der Waals surface area (Å²) in [5.41, 5.74) is -0.233. The predicted molar refractivity (Wildman–Crippen MR) is 65.9 cm³/mol. The second-order valence-electron chi connectivity index (χ2n) is 4.42. The molecule has 0 saturated heterocycles. The largest absolute Gasteiger partial charge is 0.450 e. The van der Waals surface area contributed by atoms with E-state index in [0.29, 0.717) is 0 Å². The molecule has 0 aliphatic carbocycles. The van der Waals surface area contributed by atoms with Crippen molar-refractivity contribution in [2.45, 2.75) is 12.6 Å². The lowest BCUT2D eigenvalue weighted by Crippen LogP contribution is -2.38. The fourth-order valence-corrected chi connectivity index (χ4v) is 1.82. The van der Waals surface area contributed by atoms with Crippen molar-refractivity contribution in [1.29, 1.82) is 0 Å². The first-order valence-electron chi connectivity index (χ1n) is 5.90. The highest BCUT2D eigenvalue weighted by atomic mass is 19.4. The van der Waals surface area contributed by atoms with E-state index in [1.807, 2.05) is 0 Å². The van der Waals surface area contributed by atoms with Gasteiger partial charge in [-0.05, 0) is 12.0 Å². The van der Waals surface area contributed by atoms with Crippen LogP contribution in [-0.2, 0) is 16.0 Å². The number of nitrogens with zero attached hydrogens (tertiary/aromatic N) is 2. The standard InChI is InChI=1S/C12H11F3N2O5/c13-12(14,15)11(19)9(6-16(20)7-18)4-8-2-1-3-10(5-8)17(21)22/h1-3,5,7,9,20H,4,6H2. The number of halogens is 3. The van der Waals surface area contributed by atoms with Gasteiger partial charge in [0.15, 0.2) is 0 Å². The van der Waals surface area contributed by atoms with Crippen LogP contribution in [0.4, 0.5) is 18.9 Å². The van der Waals surface area contributed by atoms with Gasteiger partial charge in [-0.2, -0.15) is 13.2 Å². The summed E-state index contributed by atoms with van der Waals surface area (Å²) < 4.78 is 37.6. The molecule has 1 atom stereocenters. The average Bonchev–Trinajstić information content (AvgIpc) is 2.44. The van der Waals surface area contributed by atoms with E-state index in [4.69, 9.17) is 5.21 Å². The molecule has 0 bridgehead atoms. The van der Waals surface area contributed by atoms with Crippen LogP contribution in [0, 0.1) is 16.0 Å². The smallest absolute Gasteiger partial charge is 0.289 e. The Labute approximate surface area is 122 Å². The van der Waals surface area contributed by atoms with Crippen molar-refractivity contribution >= 4 is 17.9 Å². The molecule has 0 spiro atoms. The van der Waals surface area contributed by atoms with E-state index in [1.165, 1.54) is 12.1 Å². The molecule has 0 aromatic heterocycles. The Morgan fingerprint density at radius 3 is 2.59 bits per heavy atom. The van der Waals surface area contributed by atoms with Gasteiger partial charge in [0.25, 0.3) is 5.69 Å². The van der Waals surface area contributed by atoms with E-state index >= 15 is 0 Å². The fraction of sp³-hybridized carbons (Fsp3) is 0.333. The maximum atomic E-state index is 12.5. The molecule has 0 heterocycles. The Morgan fingerprint density at radius 2 is 2.09 bits per heavy atom. The van der Waals surface area contributed by atoms with Crippen molar-refractivity contribution in [3.8, 4) is 0 Å². The van der Waals surface area contributed by atoms with Crippen LogP contribution in [0.2, 0.25) is 0 Å². The molecular formula is C12H11F3N2O5. The summed E-state index contributed by atoms with van der Waals surface area (Å²) in [4.78, 5) is 31.5. The van der Waals surface area contributed by atoms with Gasteiger partial charge in [0.1, 0.15) is 0 Å². The number of benzene rings is 1. The summed E-state index contributed by atoms with van der Waals surface area (Å²) in [5.74, 6) is -3.89. The summed E-state index contributed by atoms with van der Waals surface area (Å²) in [6, 6.07) is 4.75. The Balaban J connectivity index is 3.02. The minimum absolute atomic E-state index is 0.0777. The van der Waals surface area contributed by atoms with Gasteiger partial charge in [-0.25, -0.2) is 5.06 Å². The molecule has 0 aliphatic heterocycles. The molecule has 0 fully saturated rings. The van der Waals surface area contributed by atoms with Crippen LogP contribution in [0.1, 0.15) is 5.56 Å². The van der Waals surface area contributed by atoms with Crippen molar-refractivity contribution < 1.29 is 32.9 Å². The van der Waals surface area contributed by atoms with Crippen LogP contribution in [0.25, 0.3) is 0 Å². The maximum absolute atomic E-state index is 12.5. The minimum Gasteiger partial charge on any atom is -0.289 e. The summed E-state index contributed by atoms with van der Waals surface area (Å²) in [5, 5.41) is 19.5. The van der Waals surface area contributed by atoms with Gasteiger partial charge in [-0.3, -0.25) is 24.9 Å². The monoisotopic (exact) mass is 320 g/mol. The number of carbonyl (C=O) groups is 2. The average molecular weight is 320 g/mol. The van der Waals surface area contributed by atoms with Crippen LogP contribution in [0.3, 0.4) is 0 Å². The third-order valence-electron chi connectivity index (χ3n) is 2.78. The van der Waals surface area contributed by atoms with Crippen molar-refractivity contribution in [2.75, 3.05) is 6.54 Å². The van der Waals surface area contributed by atoms with Gasteiger partial charge < -0.3 is 0 Å². The molecule has 1 unspecified atom stereocenters. The van der Waals surface area contributed by atoms with E-state index in [1.54, 1.807) is 0 Å². The molecule has 1 rings (SSSR count). The first kappa shape index (κ1) is 17.6. The van der Waals surface area contributed by atoms with E-state index in [2.05, 4.69) is 0 Å². The van der Waals surface area contributed by atoms with Crippen molar-refractivity contribution in [3.63, 3.8) is 0 Å². The number of hydroxylamine groups is 2. The number of non-ortho nitro benzene ring substituents is 1. The van der Waals surface area contributed by atoms with Crippen LogP contribution >= 0.6 is 0 Å². The normalized spacial score (nSPS) is 12.5. The van der Waals surface area contributed by atoms with Gasteiger partial charge in [-0.15, -0.1) is 0 Å². The van der Waals surface area contributed by atoms with Crippen LogP contribution < -0.4 is 0 Å². The number of Topliss-reactive ketones (excluding diaryl/α,β-unsaturated/α-hetero) is 1. The number of amides is 1. The Morgan fingerprint density at radius 1 is 1.45 bits per heavy atom. The lowest BCUT2D eigenvalue weighted by atomic mass is 9.94. The molecule has 1 amide bonds. The lowest BCUT2D eigenvalue weighted by Gasteiger charge is -2.20. The van der Waals surface area contributed by atoms with E-state index in [9.17, 15) is 32.9 Å². The molecule has 10 heteroatoms. The molecular weight excluding hydrogens is 309 g/mol. The molecule has 1 aromatic rings. The molecule has 0 radical (unpaired) electrons. The van der Waals surface area contributed by atoms with E-state index in [-0.39, 0.29) is 22.7 Å². The van der Waals surface area contributed by atoms with Crippen LogP contribution in [-0.4, -0.2) is 40.1 Å². The van der Waals surface area contributed by atoms with Gasteiger partial charge in [0.2, 0.25) is 12.2 Å². The highest BCUT2D eigenvalue weighted by Gasteiger charge is 2.43. The summed E-state index contributed by atoms with van der Waals surface area (Å²) in [7, 11) is 0. The quantitative estimate of drug-likeness (QED) is 0.357. The number of rotatable bonds is 7. The topological polar surface area (TPSA) is 101 Å². The predicted octanol–water partition coefficient (Wildman–Crippen LogP) is 1.73. The third kappa shape index (κ3) is 4.81. The highest BCUT2D eigenvalue weighted by molar-refractivity contribution is 5.87. The fourth-order valence-electron chi connectivity index (χ4n) is 1.82. The van der Waals surface area contributed by atoms with Crippen LogP contribution in [0.15, 0.2) is 24.3 Å². The lowest BCUT2D eigenvalue weighted by molar-refractivity contribution is -0.384.